The maximum atomic E-state index is 12.1. The van der Waals surface area contributed by atoms with Gasteiger partial charge in [-0.25, -0.2) is 4.98 Å². The highest BCUT2D eigenvalue weighted by atomic mass is 35.5. The number of aliphatic hydroxyl groups is 3. The first-order valence-electron chi connectivity index (χ1n) is 11.9. The minimum absolute atomic E-state index is 0. The number of fused-ring (bicyclic) bond motifs is 1. The van der Waals surface area contributed by atoms with Crippen LogP contribution in [0, 0.1) is 0 Å². The number of nitrogens with two attached hydrogens (primary N) is 1. The van der Waals surface area contributed by atoms with Gasteiger partial charge >= 0.3 is 11.9 Å². The smallest absolute Gasteiger partial charge is 0.376 e. The number of rotatable bonds is 11. The van der Waals surface area contributed by atoms with Crippen LogP contribution in [0.15, 0.2) is 30.6 Å². The molecule has 0 bridgehead atoms. The van der Waals surface area contributed by atoms with Crippen LogP contribution in [0.25, 0.3) is 11.2 Å². The summed E-state index contributed by atoms with van der Waals surface area (Å²) >= 11 is 0. The number of hydrogen-bond donors (Lipinski definition) is 7. The summed E-state index contributed by atoms with van der Waals surface area (Å²) in [5.74, 6) is -4.21. The van der Waals surface area contributed by atoms with Crippen molar-refractivity contribution in [2.24, 2.45) is 0 Å². The van der Waals surface area contributed by atoms with Gasteiger partial charge in [-0.2, -0.15) is 9.97 Å². The fourth-order valence-electron chi connectivity index (χ4n) is 3.89. The molecule has 4 rings (SSSR count). The van der Waals surface area contributed by atoms with Crippen molar-refractivity contribution in [3.05, 3.63) is 41.7 Å². The van der Waals surface area contributed by atoms with Gasteiger partial charge in [0.2, 0.25) is 11.6 Å². The van der Waals surface area contributed by atoms with Gasteiger partial charge in [0.15, 0.2) is 23.5 Å². The Balaban J connectivity index is 0.00000420. The summed E-state index contributed by atoms with van der Waals surface area (Å²) in [6.07, 6.45) is -3.07. The minimum Gasteiger partial charge on any atom is -0.481 e. The third kappa shape index (κ3) is 6.63. The van der Waals surface area contributed by atoms with E-state index in [0.717, 1.165) is 22.2 Å². The molecule has 1 aliphatic rings. The van der Waals surface area contributed by atoms with E-state index in [1.54, 1.807) is 6.92 Å². The van der Waals surface area contributed by atoms with Gasteiger partial charge in [-0.1, -0.05) is 24.3 Å². The molecule has 8 N–H and O–H groups in total. The SMILES string of the molecule is CCNC(=O)[C@H]1O[C@@](O)(On2cnc3c(N)nc(NCCc4ccc(CCC(=O)O)cc4)nc32)[C@H](O)[C@@H]1O.Cl. The van der Waals surface area contributed by atoms with E-state index in [2.05, 4.69) is 25.6 Å². The zero-order valence-electron chi connectivity index (χ0n) is 20.9. The molecule has 1 fully saturated rings. The monoisotopic (exact) mass is 567 g/mol. The fourth-order valence-corrected chi connectivity index (χ4v) is 3.89. The molecule has 0 saturated carbocycles. The molecule has 3 aromatic rings. The van der Waals surface area contributed by atoms with Crippen LogP contribution in [0.3, 0.4) is 0 Å². The van der Waals surface area contributed by atoms with Gasteiger partial charge in [-0.3, -0.25) is 14.3 Å². The van der Waals surface area contributed by atoms with Crippen molar-refractivity contribution in [3.8, 4) is 0 Å². The third-order valence-corrected chi connectivity index (χ3v) is 5.88. The Labute approximate surface area is 228 Å². The van der Waals surface area contributed by atoms with E-state index in [0.29, 0.717) is 19.4 Å². The summed E-state index contributed by atoms with van der Waals surface area (Å²) < 4.78 is 6.07. The number of benzene rings is 1. The van der Waals surface area contributed by atoms with Crippen molar-refractivity contribution in [1.82, 2.24) is 25.0 Å². The number of carboxylic acids is 1. The molecule has 212 valence electrons. The van der Waals surface area contributed by atoms with Gasteiger partial charge in [0.25, 0.3) is 5.91 Å². The number of carbonyl (C=O) groups is 2. The Hall–Kier alpha value is -3.76. The Morgan fingerprint density at radius 2 is 1.85 bits per heavy atom. The first kappa shape index (κ1) is 29.8. The number of nitrogens with zero attached hydrogens (tertiary/aromatic N) is 4. The van der Waals surface area contributed by atoms with Crippen molar-refractivity contribution in [3.63, 3.8) is 0 Å². The lowest BCUT2D eigenvalue weighted by Crippen LogP contribution is -2.51. The van der Waals surface area contributed by atoms with E-state index < -0.39 is 36.2 Å². The van der Waals surface area contributed by atoms with Crippen LogP contribution in [0.5, 0.6) is 0 Å². The van der Waals surface area contributed by atoms with Crippen molar-refractivity contribution >= 4 is 47.2 Å². The van der Waals surface area contributed by atoms with Crippen LogP contribution in [-0.2, 0) is 27.2 Å². The molecular formula is C23H30ClN7O8. The number of anilines is 2. The molecule has 1 aliphatic heterocycles. The number of aryl methyl sites for hydroxylation is 1. The van der Waals surface area contributed by atoms with Crippen LogP contribution in [0.4, 0.5) is 11.8 Å². The molecular weight excluding hydrogens is 538 g/mol. The van der Waals surface area contributed by atoms with Crippen molar-refractivity contribution in [2.75, 3.05) is 24.1 Å². The molecule has 16 heteroatoms. The van der Waals surface area contributed by atoms with E-state index in [9.17, 15) is 24.9 Å². The van der Waals surface area contributed by atoms with Gasteiger partial charge in [-0.05, 0) is 30.9 Å². The second kappa shape index (κ2) is 12.4. The molecule has 39 heavy (non-hydrogen) atoms. The molecule has 2 aromatic heterocycles. The lowest BCUT2D eigenvalue weighted by atomic mass is 10.1. The van der Waals surface area contributed by atoms with E-state index in [-0.39, 0.29) is 48.3 Å². The summed E-state index contributed by atoms with van der Waals surface area (Å²) in [4.78, 5) is 40.7. The average Bonchev–Trinajstić information content (AvgIpc) is 3.38. The molecule has 4 atom stereocenters. The molecule has 3 heterocycles. The summed E-state index contributed by atoms with van der Waals surface area (Å²) in [5, 5.41) is 45.5. The quantitative estimate of drug-likeness (QED) is 0.136. The van der Waals surface area contributed by atoms with Gasteiger partial charge in [-0.15, -0.1) is 17.1 Å². The maximum absolute atomic E-state index is 12.1. The van der Waals surface area contributed by atoms with E-state index >= 15 is 0 Å². The number of amides is 1. The number of ether oxygens (including phenoxy) is 1. The first-order valence-corrected chi connectivity index (χ1v) is 11.9. The summed E-state index contributed by atoms with van der Waals surface area (Å²) in [7, 11) is 0. The highest BCUT2D eigenvalue weighted by molar-refractivity contribution is 5.85. The van der Waals surface area contributed by atoms with Gasteiger partial charge < -0.3 is 41.6 Å². The number of nitrogen functional groups attached to an aromatic ring is 1. The van der Waals surface area contributed by atoms with Crippen LogP contribution in [0.1, 0.15) is 24.5 Å². The standard InChI is InChI=1S/C23H29N7O8.ClH/c1-2-25-21(35)17-16(33)18(34)23(36,37-17)38-30-11-27-15-19(24)28-22(29-20(15)30)26-10-9-13-5-3-12(4-6-13)7-8-14(31)32;/h3-6,11,16-18,33-34,36H,2,7-10H2,1H3,(H,25,35)(H,31,32)(H3,24,26,28,29);1H/t16-,17+,18-,23-;/m1./s1. The Morgan fingerprint density at radius 1 is 1.18 bits per heavy atom. The molecule has 15 nitrogen and oxygen atoms in total. The summed E-state index contributed by atoms with van der Waals surface area (Å²) in [6, 6.07) is 7.59. The number of aromatic nitrogens is 4. The Morgan fingerprint density at radius 3 is 2.49 bits per heavy atom. The Bertz CT molecular complexity index is 1310. The molecule has 1 saturated heterocycles. The van der Waals surface area contributed by atoms with E-state index in [1.807, 2.05) is 24.3 Å². The number of halogens is 1. The molecule has 1 amide bonds. The third-order valence-electron chi connectivity index (χ3n) is 5.88. The number of hydrogen-bond acceptors (Lipinski definition) is 12. The predicted octanol–water partition coefficient (Wildman–Crippen LogP) is -1.17. The molecule has 0 radical (unpaired) electrons. The average molecular weight is 568 g/mol. The molecule has 0 aliphatic carbocycles. The number of imidazole rings is 1. The summed E-state index contributed by atoms with van der Waals surface area (Å²) in [5.41, 5.74) is 8.12. The number of nitrogens with one attached hydrogen (secondary N) is 2. The zero-order valence-corrected chi connectivity index (χ0v) is 21.7. The van der Waals surface area contributed by atoms with Crippen LogP contribution < -0.4 is 21.2 Å². The topological polar surface area (TPSA) is 227 Å². The fraction of sp³-hybridized carbons (Fsp3) is 0.435. The lowest BCUT2D eigenvalue weighted by molar-refractivity contribution is -0.370. The van der Waals surface area contributed by atoms with Crippen LogP contribution >= 0.6 is 12.4 Å². The largest absolute Gasteiger partial charge is 0.481 e. The number of aliphatic carboxylic acids is 1. The van der Waals surface area contributed by atoms with Gasteiger partial charge in [0.1, 0.15) is 12.4 Å². The molecule has 0 unspecified atom stereocenters. The molecule has 0 spiro atoms. The number of carbonyl (C=O) groups excluding carboxylic acids is 1. The maximum Gasteiger partial charge on any atom is 0.376 e. The highest BCUT2D eigenvalue weighted by Gasteiger charge is 2.59. The van der Waals surface area contributed by atoms with Crippen molar-refractivity contribution in [1.29, 1.82) is 0 Å². The van der Waals surface area contributed by atoms with E-state index in [1.165, 1.54) is 0 Å². The van der Waals surface area contributed by atoms with E-state index in [4.69, 9.17) is 20.4 Å². The first-order chi connectivity index (χ1) is 18.1. The molecule has 1 aromatic carbocycles. The predicted molar refractivity (Wildman–Crippen MR) is 139 cm³/mol. The van der Waals surface area contributed by atoms with Crippen LogP contribution in [-0.4, -0.2) is 89.4 Å². The zero-order chi connectivity index (χ0) is 27.4. The van der Waals surface area contributed by atoms with Gasteiger partial charge in [0, 0.05) is 19.5 Å². The number of likely N-dealkylation sites (N-methyl/N-ethyl adjacent to an activating group) is 1. The lowest BCUT2D eigenvalue weighted by Gasteiger charge is -2.25. The highest BCUT2D eigenvalue weighted by Crippen LogP contribution is 2.30. The normalized spacial score (nSPS) is 22.3. The van der Waals surface area contributed by atoms with Gasteiger partial charge in [0.05, 0.1) is 0 Å². The minimum atomic E-state index is -2.78. The summed E-state index contributed by atoms with van der Waals surface area (Å²) in [6.45, 7) is 2.34. The van der Waals surface area contributed by atoms with Crippen molar-refractivity contribution < 1.29 is 39.6 Å². The number of carboxylic acid groups (broad SMARTS) is 1. The van der Waals surface area contributed by atoms with Crippen LogP contribution in [0.2, 0.25) is 0 Å². The second-order valence-electron chi connectivity index (χ2n) is 8.65. The van der Waals surface area contributed by atoms with Crippen molar-refractivity contribution in [2.45, 2.75) is 50.5 Å². The number of aliphatic hydroxyl groups excluding tert-OH is 2. The Kier molecular flexibility index (Phi) is 9.47. The second-order valence-corrected chi connectivity index (χ2v) is 8.65.